The van der Waals surface area contributed by atoms with Crippen LogP contribution in [-0.4, -0.2) is 48.3 Å². The van der Waals surface area contributed by atoms with Gasteiger partial charge in [0, 0.05) is 37.2 Å². The van der Waals surface area contributed by atoms with E-state index in [9.17, 15) is 18.4 Å². The molecule has 2 amide bonds. The molecule has 1 aromatic rings. The standard InChI is InChI=1S/C17H17F2N3O3/c1-25-15(23)13-7-17(13)8-21(9-17)16(24)22-14(2-3-20-22)10-4-11(18)6-12(19)5-10/h3-6,13-14H,2,7-9H2,1H3/t13?,14-/m0/s1. The highest BCUT2D eigenvalue weighted by molar-refractivity contribution is 5.82. The van der Waals surface area contributed by atoms with Crippen LogP contribution in [0.2, 0.25) is 0 Å². The highest BCUT2D eigenvalue weighted by Crippen LogP contribution is 2.59. The van der Waals surface area contributed by atoms with E-state index in [2.05, 4.69) is 5.10 Å². The molecule has 6 nitrogen and oxygen atoms in total. The summed E-state index contributed by atoms with van der Waals surface area (Å²) in [6, 6.07) is 2.39. The van der Waals surface area contributed by atoms with Gasteiger partial charge in [-0.05, 0) is 24.1 Å². The fourth-order valence-electron chi connectivity index (χ4n) is 3.81. The van der Waals surface area contributed by atoms with Crippen molar-refractivity contribution in [2.24, 2.45) is 16.4 Å². The number of ether oxygens (including phenoxy) is 1. The fraction of sp³-hybridized carbons (Fsp3) is 0.471. The van der Waals surface area contributed by atoms with Crippen LogP contribution in [0.5, 0.6) is 0 Å². The Bertz CT molecular complexity index is 756. The minimum absolute atomic E-state index is 0.142. The van der Waals surface area contributed by atoms with Gasteiger partial charge in [-0.3, -0.25) is 4.79 Å². The Labute approximate surface area is 143 Å². The number of likely N-dealkylation sites (tertiary alicyclic amines) is 1. The van der Waals surface area contributed by atoms with Crippen molar-refractivity contribution in [1.82, 2.24) is 9.91 Å². The molecular formula is C17H17F2N3O3. The summed E-state index contributed by atoms with van der Waals surface area (Å²) < 4.78 is 31.7. The van der Waals surface area contributed by atoms with Crippen molar-refractivity contribution in [3.63, 3.8) is 0 Å². The number of hydrazone groups is 1. The maximum absolute atomic E-state index is 13.5. The Balaban J connectivity index is 1.44. The molecule has 2 atom stereocenters. The van der Waals surface area contributed by atoms with Crippen molar-refractivity contribution in [2.75, 3.05) is 20.2 Å². The molecule has 0 bridgehead atoms. The van der Waals surface area contributed by atoms with Gasteiger partial charge in [0.1, 0.15) is 11.6 Å². The monoisotopic (exact) mass is 349 g/mol. The van der Waals surface area contributed by atoms with Gasteiger partial charge in [-0.25, -0.2) is 18.6 Å². The van der Waals surface area contributed by atoms with E-state index >= 15 is 0 Å². The maximum atomic E-state index is 13.5. The minimum atomic E-state index is -0.684. The van der Waals surface area contributed by atoms with Gasteiger partial charge in [0.2, 0.25) is 0 Å². The van der Waals surface area contributed by atoms with Gasteiger partial charge in [0.15, 0.2) is 0 Å². The average Bonchev–Trinajstić information content (AvgIpc) is 3.10. The zero-order chi connectivity index (χ0) is 17.8. The molecular weight excluding hydrogens is 332 g/mol. The topological polar surface area (TPSA) is 62.2 Å². The fourth-order valence-corrected chi connectivity index (χ4v) is 3.81. The van der Waals surface area contributed by atoms with Crippen LogP contribution in [0.15, 0.2) is 23.3 Å². The van der Waals surface area contributed by atoms with Crippen LogP contribution >= 0.6 is 0 Å². The number of rotatable bonds is 2. The van der Waals surface area contributed by atoms with Gasteiger partial charge in [-0.15, -0.1) is 0 Å². The minimum Gasteiger partial charge on any atom is -0.469 e. The van der Waals surface area contributed by atoms with E-state index in [1.54, 1.807) is 11.1 Å². The van der Waals surface area contributed by atoms with Crippen molar-refractivity contribution >= 4 is 18.2 Å². The van der Waals surface area contributed by atoms with Gasteiger partial charge >= 0.3 is 12.0 Å². The lowest BCUT2D eigenvalue weighted by molar-refractivity contribution is -0.144. The van der Waals surface area contributed by atoms with Crippen LogP contribution in [0.4, 0.5) is 13.6 Å². The van der Waals surface area contributed by atoms with Gasteiger partial charge in [0.25, 0.3) is 0 Å². The molecule has 1 unspecified atom stereocenters. The van der Waals surface area contributed by atoms with E-state index in [0.29, 0.717) is 25.1 Å². The van der Waals surface area contributed by atoms with E-state index < -0.39 is 17.7 Å². The molecule has 2 heterocycles. The Hall–Kier alpha value is -2.51. The molecule has 1 saturated heterocycles. The Morgan fingerprint density at radius 1 is 1.24 bits per heavy atom. The van der Waals surface area contributed by atoms with Gasteiger partial charge in [-0.1, -0.05) is 0 Å². The largest absolute Gasteiger partial charge is 0.469 e. The third-order valence-corrected chi connectivity index (χ3v) is 5.25. The van der Waals surface area contributed by atoms with E-state index in [-0.39, 0.29) is 23.3 Å². The molecule has 1 saturated carbocycles. The van der Waals surface area contributed by atoms with Crippen LogP contribution in [0.1, 0.15) is 24.4 Å². The maximum Gasteiger partial charge on any atom is 0.341 e. The molecule has 2 aliphatic heterocycles. The van der Waals surface area contributed by atoms with Crippen LogP contribution in [-0.2, 0) is 9.53 Å². The van der Waals surface area contributed by atoms with Crippen LogP contribution in [0.25, 0.3) is 0 Å². The summed E-state index contributed by atoms with van der Waals surface area (Å²) >= 11 is 0. The quantitative estimate of drug-likeness (QED) is 0.770. The average molecular weight is 349 g/mol. The van der Waals surface area contributed by atoms with E-state index in [1.807, 2.05) is 0 Å². The number of nitrogens with zero attached hydrogens (tertiary/aromatic N) is 3. The van der Waals surface area contributed by atoms with Gasteiger partial charge in [0.05, 0.1) is 19.1 Å². The van der Waals surface area contributed by atoms with Crippen LogP contribution < -0.4 is 0 Å². The second-order valence-corrected chi connectivity index (χ2v) is 6.88. The van der Waals surface area contributed by atoms with Crippen molar-refractivity contribution in [2.45, 2.75) is 18.9 Å². The molecule has 4 rings (SSSR count). The molecule has 0 aromatic heterocycles. The molecule has 8 heteroatoms. The normalized spacial score (nSPS) is 25.9. The van der Waals surface area contributed by atoms with Crippen LogP contribution in [0, 0.1) is 23.0 Å². The molecule has 1 aliphatic carbocycles. The smallest absolute Gasteiger partial charge is 0.341 e. The first-order valence-corrected chi connectivity index (χ1v) is 8.08. The molecule has 25 heavy (non-hydrogen) atoms. The summed E-state index contributed by atoms with van der Waals surface area (Å²) in [5, 5.41) is 5.34. The zero-order valence-electron chi connectivity index (χ0n) is 13.6. The Kier molecular flexibility index (Phi) is 3.52. The molecule has 132 valence electrons. The number of hydrogen-bond donors (Lipinski definition) is 0. The molecule has 0 radical (unpaired) electrons. The summed E-state index contributed by atoms with van der Waals surface area (Å²) in [5.41, 5.74) is 0.213. The summed E-state index contributed by atoms with van der Waals surface area (Å²) in [6.45, 7) is 0.948. The highest BCUT2D eigenvalue weighted by atomic mass is 19.1. The number of hydrogen-bond acceptors (Lipinski definition) is 4. The highest BCUT2D eigenvalue weighted by Gasteiger charge is 2.66. The SMILES string of the molecule is COC(=O)C1CC12CN(C(=O)N1N=CC[C@H]1c1cc(F)cc(F)c1)C2. The predicted octanol–water partition coefficient (Wildman–Crippen LogP) is 2.31. The first-order chi connectivity index (χ1) is 11.9. The molecule has 3 aliphatic rings. The molecule has 1 spiro atoms. The summed E-state index contributed by atoms with van der Waals surface area (Å²) in [5.74, 6) is -1.75. The summed E-state index contributed by atoms with van der Waals surface area (Å²) in [4.78, 5) is 25.9. The third-order valence-electron chi connectivity index (χ3n) is 5.25. The Morgan fingerprint density at radius 2 is 1.92 bits per heavy atom. The van der Waals surface area contributed by atoms with Crippen molar-refractivity contribution in [3.8, 4) is 0 Å². The second kappa shape index (κ2) is 5.50. The first kappa shape index (κ1) is 16.0. The van der Waals surface area contributed by atoms with Crippen LogP contribution in [0.3, 0.4) is 0 Å². The summed E-state index contributed by atoms with van der Waals surface area (Å²) in [7, 11) is 1.36. The van der Waals surface area contributed by atoms with E-state index in [0.717, 1.165) is 12.5 Å². The predicted molar refractivity (Wildman–Crippen MR) is 83.6 cm³/mol. The number of esters is 1. The summed E-state index contributed by atoms with van der Waals surface area (Å²) in [6.07, 6.45) is 2.69. The molecule has 0 N–H and O–H groups in total. The second-order valence-electron chi connectivity index (χ2n) is 6.88. The lowest BCUT2D eigenvalue weighted by atomic mass is 9.94. The number of carbonyl (C=O) groups excluding carboxylic acids is 2. The lowest BCUT2D eigenvalue weighted by Crippen LogP contribution is -2.56. The van der Waals surface area contributed by atoms with Gasteiger partial charge in [-0.2, -0.15) is 5.10 Å². The third kappa shape index (κ3) is 2.56. The number of carbonyl (C=O) groups is 2. The number of halogens is 2. The Morgan fingerprint density at radius 3 is 2.56 bits per heavy atom. The molecule has 2 fully saturated rings. The van der Waals surface area contributed by atoms with Crippen molar-refractivity contribution < 1.29 is 23.1 Å². The van der Waals surface area contributed by atoms with E-state index in [1.165, 1.54) is 24.3 Å². The molecule has 1 aromatic carbocycles. The van der Waals surface area contributed by atoms with Gasteiger partial charge < -0.3 is 9.64 Å². The lowest BCUT2D eigenvalue weighted by Gasteiger charge is -2.42. The number of urea groups is 1. The van der Waals surface area contributed by atoms with Crippen molar-refractivity contribution in [1.29, 1.82) is 0 Å². The number of methoxy groups -OCH3 is 1. The van der Waals surface area contributed by atoms with Crippen molar-refractivity contribution in [3.05, 3.63) is 35.4 Å². The number of benzene rings is 1. The van der Waals surface area contributed by atoms with E-state index in [4.69, 9.17) is 4.74 Å². The first-order valence-electron chi connectivity index (χ1n) is 8.08. The number of amides is 2. The zero-order valence-corrected chi connectivity index (χ0v) is 13.6.